The summed E-state index contributed by atoms with van der Waals surface area (Å²) < 4.78 is 3.97. The highest BCUT2D eigenvalue weighted by Gasteiger charge is 1.93. The second kappa shape index (κ2) is 7.14. The van der Waals surface area contributed by atoms with Crippen LogP contribution in [0.2, 0.25) is 0 Å². The molecule has 0 heterocycles. The lowest BCUT2D eigenvalue weighted by molar-refractivity contribution is -0.156. The number of esters is 2. The van der Waals surface area contributed by atoms with E-state index in [9.17, 15) is 9.59 Å². The summed E-state index contributed by atoms with van der Waals surface area (Å²) in [5.41, 5.74) is 0. The van der Waals surface area contributed by atoms with E-state index in [0.717, 1.165) is 0 Å². The zero-order chi connectivity index (χ0) is 5.86. The SMILES string of the molecule is C.C.CC(=O)OC(C)=O. The summed E-state index contributed by atoms with van der Waals surface area (Å²) in [6.07, 6.45) is 0. The molecule has 0 rings (SSSR count). The number of carbonyl (C=O) groups excluding carboxylic acids is 2. The van der Waals surface area contributed by atoms with Crippen LogP contribution >= 0.6 is 0 Å². The van der Waals surface area contributed by atoms with Crippen molar-refractivity contribution >= 4 is 11.9 Å². The predicted octanol–water partition coefficient (Wildman–Crippen LogP) is 1.37. The monoisotopic (exact) mass is 134 g/mol. The summed E-state index contributed by atoms with van der Waals surface area (Å²) in [7, 11) is 0. The number of carbonyl (C=O) groups is 2. The Kier molecular flexibility index (Phi) is 12.5. The summed E-state index contributed by atoms with van der Waals surface area (Å²) >= 11 is 0. The maximum Gasteiger partial charge on any atom is 0.310 e. The van der Waals surface area contributed by atoms with Crippen LogP contribution in [0.1, 0.15) is 28.7 Å². The van der Waals surface area contributed by atoms with Crippen LogP contribution in [0.25, 0.3) is 0 Å². The van der Waals surface area contributed by atoms with Gasteiger partial charge >= 0.3 is 11.9 Å². The van der Waals surface area contributed by atoms with E-state index in [4.69, 9.17) is 0 Å². The first-order valence-electron chi connectivity index (χ1n) is 1.82. The van der Waals surface area contributed by atoms with E-state index < -0.39 is 11.9 Å². The molecule has 0 unspecified atom stereocenters. The Morgan fingerprint density at radius 2 is 1.22 bits per heavy atom. The Hall–Kier alpha value is -0.860. The van der Waals surface area contributed by atoms with Crippen molar-refractivity contribution in [2.45, 2.75) is 28.7 Å². The normalized spacial score (nSPS) is 6.00. The average molecular weight is 134 g/mol. The number of rotatable bonds is 0. The Bertz CT molecular complexity index is 84.5. The van der Waals surface area contributed by atoms with Crippen LogP contribution in [0, 0.1) is 0 Å². The molecule has 0 aromatic heterocycles. The minimum atomic E-state index is -0.562. The van der Waals surface area contributed by atoms with Crippen molar-refractivity contribution in [2.75, 3.05) is 0 Å². The molecule has 0 aromatic carbocycles. The third-order valence-electron chi connectivity index (χ3n) is 0.287. The van der Waals surface area contributed by atoms with E-state index in [1.165, 1.54) is 13.8 Å². The van der Waals surface area contributed by atoms with Gasteiger partial charge in [-0.25, -0.2) is 0 Å². The second-order valence-corrected chi connectivity index (χ2v) is 1.09. The zero-order valence-electron chi connectivity index (χ0n) is 4.22. The molecule has 0 radical (unpaired) electrons. The second-order valence-electron chi connectivity index (χ2n) is 1.09. The minimum absolute atomic E-state index is 0. The van der Waals surface area contributed by atoms with Crippen LogP contribution in [0.5, 0.6) is 0 Å². The molecular formula is C6H14O3. The van der Waals surface area contributed by atoms with Gasteiger partial charge in [-0.2, -0.15) is 0 Å². The highest BCUT2D eigenvalue weighted by atomic mass is 16.6. The fourth-order valence-electron chi connectivity index (χ4n) is 0.202. The molecule has 0 aliphatic rings. The Morgan fingerprint density at radius 1 is 1.00 bits per heavy atom. The third-order valence-corrected chi connectivity index (χ3v) is 0.287. The summed E-state index contributed by atoms with van der Waals surface area (Å²) in [5, 5.41) is 0. The van der Waals surface area contributed by atoms with Crippen molar-refractivity contribution in [2.24, 2.45) is 0 Å². The zero-order valence-corrected chi connectivity index (χ0v) is 4.22. The van der Waals surface area contributed by atoms with E-state index in [1.54, 1.807) is 0 Å². The fraction of sp³-hybridized carbons (Fsp3) is 0.667. The van der Waals surface area contributed by atoms with Crippen molar-refractivity contribution in [1.29, 1.82) is 0 Å². The largest absolute Gasteiger partial charge is 0.394 e. The first kappa shape index (κ1) is 15.7. The summed E-state index contributed by atoms with van der Waals surface area (Å²) in [6, 6.07) is 0. The van der Waals surface area contributed by atoms with Gasteiger partial charge in [0.15, 0.2) is 0 Å². The number of hydrogen-bond donors (Lipinski definition) is 0. The lowest BCUT2D eigenvalue weighted by atomic mass is 10.7. The summed E-state index contributed by atoms with van der Waals surface area (Å²) in [4.78, 5) is 19.6. The van der Waals surface area contributed by atoms with E-state index in [1.807, 2.05) is 0 Å². The van der Waals surface area contributed by atoms with Gasteiger partial charge in [-0.1, -0.05) is 14.9 Å². The first-order chi connectivity index (χ1) is 3.13. The van der Waals surface area contributed by atoms with Crippen LogP contribution in [0.3, 0.4) is 0 Å². The molecule has 3 nitrogen and oxygen atoms in total. The van der Waals surface area contributed by atoms with Crippen LogP contribution < -0.4 is 0 Å². The Morgan fingerprint density at radius 3 is 1.22 bits per heavy atom. The number of hydrogen-bond acceptors (Lipinski definition) is 3. The van der Waals surface area contributed by atoms with Crippen LogP contribution in [-0.4, -0.2) is 11.9 Å². The van der Waals surface area contributed by atoms with Crippen molar-refractivity contribution in [3.05, 3.63) is 0 Å². The molecule has 0 bridgehead atoms. The highest BCUT2D eigenvalue weighted by molar-refractivity contribution is 5.82. The quantitative estimate of drug-likeness (QED) is 0.371. The minimum Gasteiger partial charge on any atom is -0.394 e. The number of ether oxygens (including phenoxy) is 1. The topological polar surface area (TPSA) is 43.4 Å². The molecular weight excluding hydrogens is 120 g/mol. The molecule has 0 amide bonds. The highest BCUT2D eigenvalue weighted by Crippen LogP contribution is 1.73. The van der Waals surface area contributed by atoms with Crippen LogP contribution in [-0.2, 0) is 14.3 Å². The molecule has 0 aromatic rings. The molecule has 0 fully saturated rings. The van der Waals surface area contributed by atoms with E-state index >= 15 is 0 Å². The molecule has 0 N–H and O–H groups in total. The smallest absolute Gasteiger partial charge is 0.310 e. The van der Waals surface area contributed by atoms with Gasteiger partial charge in [0.05, 0.1) is 0 Å². The van der Waals surface area contributed by atoms with Crippen molar-refractivity contribution < 1.29 is 14.3 Å². The summed E-state index contributed by atoms with van der Waals surface area (Å²) in [6.45, 7) is 2.36. The molecule has 3 heteroatoms. The van der Waals surface area contributed by atoms with Crippen molar-refractivity contribution in [3.8, 4) is 0 Å². The average Bonchev–Trinajstić information content (AvgIpc) is 1.27. The fourth-order valence-corrected chi connectivity index (χ4v) is 0.202. The molecule has 9 heavy (non-hydrogen) atoms. The van der Waals surface area contributed by atoms with E-state index in [0.29, 0.717) is 0 Å². The maximum atomic E-state index is 9.81. The van der Waals surface area contributed by atoms with Gasteiger partial charge < -0.3 is 4.74 Å². The van der Waals surface area contributed by atoms with E-state index in [2.05, 4.69) is 4.74 Å². The molecule has 0 saturated heterocycles. The van der Waals surface area contributed by atoms with Gasteiger partial charge in [-0.15, -0.1) is 0 Å². The Balaban J connectivity index is -0.000000180. The summed E-state index contributed by atoms with van der Waals surface area (Å²) in [5.74, 6) is -1.12. The first-order valence-corrected chi connectivity index (χ1v) is 1.82. The molecule has 0 aliphatic carbocycles. The van der Waals surface area contributed by atoms with Gasteiger partial charge in [-0.05, 0) is 0 Å². The predicted molar refractivity (Wildman–Crippen MR) is 35.9 cm³/mol. The molecule has 56 valence electrons. The lowest BCUT2D eigenvalue weighted by Crippen LogP contribution is -2.03. The van der Waals surface area contributed by atoms with Gasteiger partial charge in [-0.3, -0.25) is 9.59 Å². The van der Waals surface area contributed by atoms with Crippen LogP contribution in [0.15, 0.2) is 0 Å². The van der Waals surface area contributed by atoms with E-state index in [-0.39, 0.29) is 14.9 Å². The molecule has 0 saturated carbocycles. The van der Waals surface area contributed by atoms with Gasteiger partial charge in [0.2, 0.25) is 0 Å². The molecule has 0 spiro atoms. The van der Waals surface area contributed by atoms with Crippen molar-refractivity contribution in [3.63, 3.8) is 0 Å². The lowest BCUT2D eigenvalue weighted by Gasteiger charge is -1.87. The third kappa shape index (κ3) is 19.1. The van der Waals surface area contributed by atoms with Crippen molar-refractivity contribution in [1.82, 2.24) is 0 Å². The van der Waals surface area contributed by atoms with Gasteiger partial charge in [0.1, 0.15) is 0 Å². The molecule has 0 atom stereocenters. The standard InChI is InChI=1S/C4H6O3.2CH4/c1-3(5)7-4(2)6;;/h1-2H3;2*1H4. The Labute approximate surface area is 56.0 Å². The maximum absolute atomic E-state index is 9.81. The van der Waals surface area contributed by atoms with Gasteiger partial charge in [0.25, 0.3) is 0 Å². The molecule has 0 aliphatic heterocycles. The van der Waals surface area contributed by atoms with Gasteiger partial charge in [0, 0.05) is 13.8 Å². The van der Waals surface area contributed by atoms with Crippen LogP contribution in [0.4, 0.5) is 0 Å².